The molecule has 3 aromatic rings. The fraction of sp³-hybridized carbons (Fsp3) is 0.273. The molecule has 0 spiro atoms. The Hall–Kier alpha value is -2.55. The molecular weight excluding hydrogens is 418 g/mol. The number of rotatable bonds is 7. The Morgan fingerprint density at radius 3 is 2.47 bits per heavy atom. The van der Waals surface area contributed by atoms with Gasteiger partial charge in [-0.1, -0.05) is 37.3 Å². The van der Waals surface area contributed by atoms with Gasteiger partial charge in [-0.25, -0.2) is 17.7 Å². The van der Waals surface area contributed by atoms with Crippen LogP contribution in [0.5, 0.6) is 0 Å². The van der Waals surface area contributed by atoms with Crippen LogP contribution < -0.4 is 5.32 Å². The molecule has 1 aromatic heterocycles. The number of nitrogens with one attached hydrogen (secondary N) is 1. The molecular formula is C22H25N3O3S2. The van der Waals surface area contributed by atoms with Gasteiger partial charge in [0.2, 0.25) is 15.9 Å². The minimum absolute atomic E-state index is 0.119. The third-order valence-corrected chi connectivity index (χ3v) is 7.52. The maximum atomic E-state index is 12.6. The van der Waals surface area contributed by atoms with E-state index in [1.807, 2.05) is 24.4 Å². The van der Waals surface area contributed by atoms with Crippen LogP contribution in [0.15, 0.2) is 52.7 Å². The number of sulfonamides is 1. The van der Waals surface area contributed by atoms with Crippen molar-refractivity contribution in [3.63, 3.8) is 0 Å². The van der Waals surface area contributed by atoms with Crippen LogP contribution in [0, 0.1) is 6.92 Å². The summed E-state index contributed by atoms with van der Waals surface area (Å²) < 4.78 is 25.9. The second kappa shape index (κ2) is 9.07. The van der Waals surface area contributed by atoms with Gasteiger partial charge < -0.3 is 5.32 Å². The largest absolute Gasteiger partial charge is 0.325 e. The van der Waals surface area contributed by atoms with Crippen LogP contribution in [0.2, 0.25) is 0 Å². The Morgan fingerprint density at radius 2 is 1.83 bits per heavy atom. The summed E-state index contributed by atoms with van der Waals surface area (Å²) in [6, 6.07) is 13.0. The lowest BCUT2D eigenvalue weighted by Gasteiger charge is -2.14. The third kappa shape index (κ3) is 4.95. The van der Waals surface area contributed by atoms with Gasteiger partial charge in [-0.15, -0.1) is 11.3 Å². The number of aryl methyl sites for hydroxylation is 2. The zero-order chi connectivity index (χ0) is 21.9. The quantitative estimate of drug-likeness (QED) is 0.596. The van der Waals surface area contributed by atoms with Crippen molar-refractivity contribution in [3.05, 3.63) is 64.7 Å². The van der Waals surface area contributed by atoms with Gasteiger partial charge in [0.25, 0.3) is 0 Å². The van der Waals surface area contributed by atoms with E-state index < -0.39 is 10.0 Å². The van der Waals surface area contributed by atoms with Gasteiger partial charge in [0.15, 0.2) is 0 Å². The number of amides is 1. The molecule has 0 aliphatic carbocycles. The lowest BCUT2D eigenvalue weighted by molar-refractivity contribution is -0.115. The van der Waals surface area contributed by atoms with Gasteiger partial charge >= 0.3 is 0 Å². The molecule has 0 atom stereocenters. The lowest BCUT2D eigenvalue weighted by atomic mass is 10.1. The van der Waals surface area contributed by atoms with Gasteiger partial charge in [0.1, 0.15) is 5.01 Å². The number of thiazole rings is 1. The number of nitrogens with zero attached hydrogens (tertiary/aromatic N) is 2. The molecule has 0 radical (unpaired) electrons. The zero-order valence-corrected chi connectivity index (χ0v) is 19.1. The normalized spacial score (nSPS) is 11.6. The summed E-state index contributed by atoms with van der Waals surface area (Å²) in [5, 5.41) is 5.57. The molecule has 0 saturated heterocycles. The fourth-order valence-electron chi connectivity index (χ4n) is 2.87. The molecule has 3 rings (SSSR count). The number of hydrogen-bond donors (Lipinski definition) is 1. The second-order valence-corrected chi connectivity index (χ2v) is 10.2. The molecule has 0 bridgehead atoms. The van der Waals surface area contributed by atoms with E-state index in [0.717, 1.165) is 26.9 Å². The molecule has 8 heteroatoms. The first-order valence-electron chi connectivity index (χ1n) is 9.57. The molecule has 158 valence electrons. The number of aromatic nitrogens is 1. The first kappa shape index (κ1) is 22.1. The van der Waals surface area contributed by atoms with Gasteiger partial charge in [0, 0.05) is 30.7 Å². The predicted molar refractivity (Wildman–Crippen MR) is 121 cm³/mol. The molecule has 2 aromatic carbocycles. The summed E-state index contributed by atoms with van der Waals surface area (Å²) in [6.45, 7) is 3.94. The van der Waals surface area contributed by atoms with Crippen molar-refractivity contribution in [2.24, 2.45) is 0 Å². The highest BCUT2D eigenvalue weighted by Crippen LogP contribution is 2.25. The van der Waals surface area contributed by atoms with E-state index in [2.05, 4.69) is 29.4 Å². The molecule has 6 nitrogen and oxygen atoms in total. The van der Waals surface area contributed by atoms with Crippen molar-refractivity contribution in [3.8, 4) is 10.6 Å². The van der Waals surface area contributed by atoms with E-state index >= 15 is 0 Å². The van der Waals surface area contributed by atoms with Gasteiger partial charge in [-0.2, -0.15) is 0 Å². The van der Waals surface area contributed by atoms with E-state index in [9.17, 15) is 13.2 Å². The standard InChI is InChI=1S/C22H25N3O3S2/c1-5-16-7-9-17(10-8-16)22-23-18(14-29-22)12-21(26)24-20-13-19(11-6-15(20)2)30(27,28)25(3)4/h6-11,13-14H,5,12H2,1-4H3,(H,24,26). The average molecular weight is 444 g/mol. The Kier molecular flexibility index (Phi) is 6.70. The van der Waals surface area contributed by atoms with E-state index in [-0.39, 0.29) is 17.2 Å². The third-order valence-electron chi connectivity index (χ3n) is 4.76. The average Bonchev–Trinajstić information content (AvgIpc) is 3.17. The Bertz CT molecular complexity index is 1150. The van der Waals surface area contributed by atoms with Crippen molar-refractivity contribution >= 4 is 33.0 Å². The predicted octanol–water partition coefficient (Wildman–Crippen LogP) is 4.11. The topological polar surface area (TPSA) is 79.4 Å². The van der Waals surface area contributed by atoms with E-state index in [0.29, 0.717) is 11.4 Å². The zero-order valence-electron chi connectivity index (χ0n) is 17.5. The molecule has 0 aliphatic heterocycles. The van der Waals surface area contributed by atoms with Crippen molar-refractivity contribution < 1.29 is 13.2 Å². The summed E-state index contributed by atoms with van der Waals surface area (Å²) in [4.78, 5) is 17.3. The fourth-order valence-corrected chi connectivity index (χ4v) is 4.62. The first-order valence-corrected chi connectivity index (χ1v) is 11.9. The molecule has 1 N–H and O–H groups in total. The van der Waals surface area contributed by atoms with Crippen LogP contribution in [0.3, 0.4) is 0 Å². The molecule has 1 heterocycles. The van der Waals surface area contributed by atoms with Crippen LogP contribution >= 0.6 is 11.3 Å². The van der Waals surface area contributed by atoms with Crippen molar-refractivity contribution in [1.82, 2.24) is 9.29 Å². The highest BCUT2D eigenvalue weighted by Gasteiger charge is 2.19. The summed E-state index contributed by atoms with van der Waals surface area (Å²) in [7, 11) is -0.621. The van der Waals surface area contributed by atoms with Gasteiger partial charge in [0.05, 0.1) is 17.0 Å². The Labute approximate surface area is 181 Å². The Morgan fingerprint density at radius 1 is 1.13 bits per heavy atom. The second-order valence-electron chi connectivity index (χ2n) is 7.18. The van der Waals surface area contributed by atoms with Crippen LogP contribution in [-0.4, -0.2) is 37.7 Å². The molecule has 1 amide bonds. The van der Waals surface area contributed by atoms with Crippen molar-refractivity contribution in [2.45, 2.75) is 31.6 Å². The number of anilines is 1. The molecule has 30 heavy (non-hydrogen) atoms. The smallest absolute Gasteiger partial charge is 0.242 e. The molecule has 0 saturated carbocycles. The van der Waals surface area contributed by atoms with E-state index in [1.54, 1.807) is 6.07 Å². The summed E-state index contributed by atoms with van der Waals surface area (Å²) >= 11 is 1.50. The summed E-state index contributed by atoms with van der Waals surface area (Å²) in [6.07, 6.45) is 1.10. The number of carbonyl (C=O) groups is 1. The highest BCUT2D eigenvalue weighted by molar-refractivity contribution is 7.89. The molecule has 0 unspecified atom stereocenters. The number of carbonyl (C=O) groups excluding carboxylic acids is 1. The lowest BCUT2D eigenvalue weighted by Crippen LogP contribution is -2.22. The summed E-state index contributed by atoms with van der Waals surface area (Å²) in [5.41, 5.74) is 4.25. The van der Waals surface area contributed by atoms with E-state index in [1.165, 1.54) is 43.1 Å². The maximum absolute atomic E-state index is 12.6. The summed E-state index contributed by atoms with van der Waals surface area (Å²) in [5.74, 6) is -0.240. The first-order chi connectivity index (χ1) is 14.2. The van der Waals surface area contributed by atoms with Crippen LogP contribution in [0.1, 0.15) is 23.7 Å². The number of benzene rings is 2. The minimum atomic E-state index is -3.57. The SMILES string of the molecule is CCc1ccc(-c2nc(CC(=O)Nc3cc(S(=O)(=O)N(C)C)ccc3C)cs2)cc1. The van der Waals surface area contributed by atoms with E-state index in [4.69, 9.17) is 0 Å². The van der Waals surface area contributed by atoms with Gasteiger partial charge in [-0.05, 0) is 36.6 Å². The monoisotopic (exact) mass is 443 g/mol. The minimum Gasteiger partial charge on any atom is -0.325 e. The Balaban J connectivity index is 1.72. The molecule has 0 fully saturated rings. The van der Waals surface area contributed by atoms with Gasteiger partial charge in [-0.3, -0.25) is 4.79 Å². The molecule has 0 aliphatic rings. The van der Waals surface area contributed by atoms with Crippen LogP contribution in [-0.2, 0) is 27.7 Å². The highest BCUT2D eigenvalue weighted by atomic mass is 32.2. The van der Waals surface area contributed by atoms with Crippen LogP contribution in [0.4, 0.5) is 5.69 Å². The van der Waals surface area contributed by atoms with Crippen LogP contribution in [0.25, 0.3) is 10.6 Å². The van der Waals surface area contributed by atoms with Crippen molar-refractivity contribution in [2.75, 3.05) is 19.4 Å². The maximum Gasteiger partial charge on any atom is 0.242 e. The van der Waals surface area contributed by atoms with Crippen molar-refractivity contribution in [1.29, 1.82) is 0 Å². The number of hydrogen-bond acceptors (Lipinski definition) is 5.